The number of ether oxygens (including phenoxy) is 2. The zero-order valence-corrected chi connectivity index (χ0v) is 17.2. The molecule has 28 heavy (non-hydrogen) atoms. The maximum absolute atomic E-state index is 12.4. The van der Waals surface area contributed by atoms with Crippen LogP contribution >= 0.6 is 0 Å². The molecule has 0 N–H and O–H groups in total. The molecule has 0 saturated carbocycles. The molecule has 0 amide bonds. The maximum Gasteiger partial charge on any atom is 0.338 e. The highest BCUT2D eigenvalue weighted by atomic mass is 16.6. The van der Waals surface area contributed by atoms with E-state index in [1.165, 1.54) is 0 Å². The summed E-state index contributed by atoms with van der Waals surface area (Å²) < 4.78 is 11.5. The van der Waals surface area contributed by atoms with E-state index < -0.39 is 11.2 Å². The normalized spacial score (nSPS) is 13.4. The van der Waals surface area contributed by atoms with Crippen LogP contribution in [0.25, 0.3) is 0 Å². The fraction of sp³-hybridized carbons (Fsp3) is 0.417. The second-order valence-corrected chi connectivity index (χ2v) is 7.93. The monoisotopic (exact) mass is 382 g/mol. The first-order valence-electron chi connectivity index (χ1n) is 9.81. The van der Waals surface area contributed by atoms with Gasteiger partial charge in [0.15, 0.2) is 0 Å². The van der Waals surface area contributed by atoms with Crippen LogP contribution in [0.2, 0.25) is 0 Å². The van der Waals surface area contributed by atoms with Gasteiger partial charge in [0.05, 0.1) is 11.1 Å². The lowest BCUT2D eigenvalue weighted by molar-refractivity contribution is -0.0244. The van der Waals surface area contributed by atoms with Gasteiger partial charge in [0.2, 0.25) is 0 Å². The smallest absolute Gasteiger partial charge is 0.338 e. The van der Waals surface area contributed by atoms with E-state index in [1.807, 2.05) is 64.1 Å². The largest absolute Gasteiger partial charge is 0.456 e. The van der Waals surface area contributed by atoms with Gasteiger partial charge in [0.25, 0.3) is 0 Å². The molecular formula is C24H30O4. The highest BCUT2D eigenvalue weighted by Gasteiger charge is 2.30. The maximum atomic E-state index is 12.4. The summed E-state index contributed by atoms with van der Waals surface area (Å²) in [6.07, 6.45) is 2.88. The minimum atomic E-state index is -0.592. The van der Waals surface area contributed by atoms with Crippen molar-refractivity contribution in [2.75, 3.05) is 0 Å². The summed E-state index contributed by atoms with van der Waals surface area (Å²) in [5, 5.41) is 0. The third-order valence-electron chi connectivity index (χ3n) is 4.96. The molecule has 2 aromatic rings. The summed E-state index contributed by atoms with van der Waals surface area (Å²) in [4.78, 5) is 24.7. The van der Waals surface area contributed by atoms with Gasteiger partial charge in [-0.05, 0) is 70.7 Å². The summed E-state index contributed by atoms with van der Waals surface area (Å²) in [7, 11) is 0. The first-order chi connectivity index (χ1) is 13.2. The minimum Gasteiger partial charge on any atom is -0.456 e. The molecule has 1 atom stereocenters. The number of carbonyl (C=O) groups excluding carboxylic acids is 2. The Morgan fingerprint density at radius 1 is 0.750 bits per heavy atom. The van der Waals surface area contributed by atoms with Crippen LogP contribution in [0, 0.1) is 0 Å². The number of carbonyl (C=O) groups is 2. The number of rotatable bonds is 9. The van der Waals surface area contributed by atoms with Crippen molar-refractivity contribution in [2.45, 2.75) is 64.6 Å². The topological polar surface area (TPSA) is 52.6 Å². The van der Waals surface area contributed by atoms with Crippen molar-refractivity contribution in [1.82, 2.24) is 0 Å². The van der Waals surface area contributed by atoms with E-state index in [9.17, 15) is 9.59 Å². The second-order valence-electron chi connectivity index (χ2n) is 7.93. The molecule has 150 valence electrons. The molecule has 2 rings (SSSR count). The standard InChI is InChI=1S/C24H30O4/c1-5-24(4,28-22(26)20-15-10-7-11-16-20)18-12-17-23(2,3)27-21(25)19-13-8-6-9-14-19/h6-11,13-16H,5,12,17-18H2,1-4H3. The van der Waals surface area contributed by atoms with Crippen molar-refractivity contribution in [3.63, 3.8) is 0 Å². The molecule has 0 saturated heterocycles. The highest BCUT2D eigenvalue weighted by molar-refractivity contribution is 5.90. The molecule has 4 heteroatoms. The first kappa shape index (κ1) is 21.7. The molecule has 0 aromatic heterocycles. The molecule has 0 aliphatic heterocycles. The molecule has 2 aromatic carbocycles. The van der Waals surface area contributed by atoms with Gasteiger partial charge in [-0.1, -0.05) is 43.3 Å². The van der Waals surface area contributed by atoms with E-state index in [4.69, 9.17) is 9.47 Å². The predicted octanol–water partition coefficient (Wildman–Crippen LogP) is 5.82. The number of benzene rings is 2. The Morgan fingerprint density at radius 3 is 1.68 bits per heavy atom. The second kappa shape index (κ2) is 9.54. The molecule has 0 aliphatic rings. The zero-order chi connectivity index (χ0) is 20.6. The van der Waals surface area contributed by atoms with Crippen LogP contribution in [-0.4, -0.2) is 23.1 Å². The van der Waals surface area contributed by atoms with Crippen LogP contribution < -0.4 is 0 Å². The van der Waals surface area contributed by atoms with Gasteiger partial charge >= 0.3 is 11.9 Å². The lowest BCUT2D eigenvalue weighted by atomic mass is 9.91. The van der Waals surface area contributed by atoms with Crippen LogP contribution in [0.4, 0.5) is 0 Å². The van der Waals surface area contributed by atoms with E-state index >= 15 is 0 Å². The molecule has 0 bridgehead atoms. The van der Waals surface area contributed by atoms with Gasteiger partial charge in [-0.25, -0.2) is 9.59 Å². The SMILES string of the molecule is CCC(C)(CCCC(C)(C)OC(=O)c1ccccc1)OC(=O)c1ccccc1. The van der Waals surface area contributed by atoms with Crippen LogP contribution in [0.1, 0.15) is 74.1 Å². The van der Waals surface area contributed by atoms with E-state index in [2.05, 4.69) is 0 Å². The zero-order valence-electron chi connectivity index (χ0n) is 17.2. The van der Waals surface area contributed by atoms with Crippen molar-refractivity contribution in [3.05, 3.63) is 71.8 Å². The van der Waals surface area contributed by atoms with Crippen molar-refractivity contribution in [1.29, 1.82) is 0 Å². The van der Waals surface area contributed by atoms with Crippen molar-refractivity contribution in [3.8, 4) is 0 Å². The molecule has 1 unspecified atom stereocenters. The van der Waals surface area contributed by atoms with Gasteiger partial charge in [0, 0.05) is 0 Å². The quantitative estimate of drug-likeness (QED) is 0.513. The van der Waals surface area contributed by atoms with E-state index in [-0.39, 0.29) is 11.9 Å². The third kappa shape index (κ3) is 6.52. The Balaban J connectivity index is 1.88. The van der Waals surface area contributed by atoms with Crippen molar-refractivity contribution in [2.24, 2.45) is 0 Å². The van der Waals surface area contributed by atoms with Gasteiger partial charge in [-0.3, -0.25) is 0 Å². The van der Waals surface area contributed by atoms with Crippen molar-refractivity contribution >= 4 is 11.9 Å². The van der Waals surface area contributed by atoms with Gasteiger partial charge < -0.3 is 9.47 Å². The van der Waals surface area contributed by atoms with Gasteiger partial charge in [-0.15, -0.1) is 0 Å². The minimum absolute atomic E-state index is 0.306. The molecule has 0 aliphatic carbocycles. The molecule has 0 spiro atoms. The lowest BCUT2D eigenvalue weighted by Gasteiger charge is -2.31. The number of esters is 2. The van der Waals surface area contributed by atoms with Gasteiger partial charge in [0.1, 0.15) is 11.2 Å². The lowest BCUT2D eigenvalue weighted by Crippen LogP contribution is -2.33. The predicted molar refractivity (Wildman–Crippen MR) is 110 cm³/mol. The summed E-state index contributed by atoms with van der Waals surface area (Å²) in [5.41, 5.74) is -0.0395. The fourth-order valence-electron chi connectivity index (χ4n) is 2.98. The Kier molecular flexibility index (Phi) is 7.38. The summed E-state index contributed by atoms with van der Waals surface area (Å²) in [6.45, 7) is 7.79. The molecule has 0 heterocycles. The van der Waals surface area contributed by atoms with E-state index in [0.717, 1.165) is 12.8 Å². The molecule has 0 radical (unpaired) electrons. The van der Waals surface area contributed by atoms with Gasteiger partial charge in [-0.2, -0.15) is 0 Å². The van der Waals surface area contributed by atoms with Crippen LogP contribution in [0.15, 0.2) is 60.7 Å². The Morgan fingerprint density at radius 2 is 1.21 bits per heavy atom. The average Bonchev–Trinajstić information content (AvgIpc) is 2.68. The molecule has 4 nitrogen and oxygen atoms in total. The van der Waals surface area contributed by atoms with Crippen LogP contribution in [0.5, 0.6) is 0 Å². The Bertz CT molecular complexity index is 768. The third-order valence-corrected chi connectivity index (χ3v) is 4.96. The average molecular weight is 383 g/mol. The van der Waals surface area contributed by atoms with E-state index in [0.29, 0.717) is 24.0 Å². The summed E-state index contributed by atoms with van der Waals surface area (Å²) >= 11 is 0. The van der Waals surface area contributed by atoms with Crippen molar-refractivity contribution < 1.29 is 19.1 Å². The Hall–Kier alpha value is -2.62. The molecular weight excluding hydrogens is 352 g/mol. The summed E-state index contributed by atoms with van der Waals surface area (Å²) in [6, 6.07) is 18.0. The number of hydrogen-bond acceptors (Lipinski definition) is 4. The molecule has 0 fully saturated rings. The number of hydrogen-bond donors (Lipinski definition) is 0. The van der Waals surface area contributed by atoms with E-state index in [1.54, 1.807) is 24.3 Å². The Labute approximate surface area is 167 Å². The fourth-order valence-corrected chi connectivity index (χ4v) is 2.98. The van der Waals surface area contributed by atoms with Crippen LogP contribution in [-0.2, 0) is 9.47 Å². The first-order valence-corrected chi connectivity index (χ1v) is 9.81. The van der Waals surface area contributed by atoms with Crippen LogP contribution in [0.3, 0.4) is 0 Å². The highest BCUT2D eigenvalue weighted by Crippen LogP contribution is 2.28. The summed E-state index contributed by atoms with van der Waals surface area (Å²) in [5.74, 6) is -0.626.